The molecule has 0 aliphatic heterocycles. The third-order valence-corrected chi connectivity index (χ3v) is 5.27. The van der Waals surface area contributed by atoms with Crippen LogP contribution in [0.3, 0.4) is 0 Å². The first kappa shape index (κ1) is 14.2. The van der Waals surface area contributed by atoms with Gasteiger partial charge in [-0.3, -0.25) is 0 Å². The zero-order valence-electron chi connectivity index (χ0n) is 13.1. The van der Waals surface area contributed by atoms with Crippen LogP contribution in [0.2, 0.25) is 0 Å². The van der Waals surface area contributed by atoms with Gasteiger partial charge in [-0.15, -0.1) is 0 Å². The summed E-state index contributed by atoms with van der Waals surface area (Å²) in [5, 5.41) is 4.64. The second-order valence-corrected chi connectivity index (χ2v) is 6.74. The molecule has 23 heavy (non-hydrogen) atoms. The van der Waals surface area contributed by atoms with Crippen molar-refractivity contribution in [2.75, 3.05) is 0 Å². The Hall–Kier alpha value is -2.39. The number of benzene rings is 3. The number of aryl methyl sites for hydroxylation is 2. The fraction of sp³-hybridized carbons (Fsp3) is 0.100. The van der Waals surface area contributed by atoms with Gasteiger partial charge in [-0.25, -0.2) is 9.97 Å². The van der Waals surface area contributed by atoms with Gasteiger partial charge in [-0.1, -0.05) is 48.2 Å². The van der Waals surface area contributed by atoms with Crippen LogP contribution >= 0.6 is 11.8 Å². The lowest BCUT2D eigenvalue weighted by molar-refractivity contribution is 1.10. The molecule has 1 heterocycles. The van der Waals surface area contributed by atoms with E-state index in [9.17, 15) is 0 Å². The molecule has 4 aromatic rings. The highest BCUT2D eigenvalue weighted by Crippen LogP contribution is 2.35. The Kier molecular flexibility index (Phi) is 3.50. The summed E-state index contributed by atoms with van der Waals surface area (Å²) in [4.78, 5) is 10.2. The standard InChI is InChI=1S/C20H16N2S/c1-13-10-17-18(11-14(13)2)21-12-22-20(17)23-19-9-5-7-15-6-3-4-8-16(15)19/h3-12H,1-2H3. The predicted octanol–water partition coefficient (Wildman–Crippen LogP) is 5.55. The Bertz CT molecular complexity index is 1020. The first-order valence-corrected chi connectivity index (χ1v) is 8.41. The van der Waals surface area contributed by atoms with Crippen molar-refractivity contribution in [3.63, 3.8) is 0 Å². The predicted molar refractivity (Wildman–Crippen MR) is 97.1 cm³/mol. The van der Waals surface area contributed by atoms with Gasteiger partial charge in [0.15, 0.2) is 0 Å². The highest BCUT2D eigenvalue weighted by Gasteiger charge is 2.09. The van der Waals surface area contributed by atoms with Crippen LogP contribution in [-0.2, 0) is 0 Å². The van der Waals surface area contributed by atoms with Crippen molar-refractivity contribution in [3.8, 4) is 0 Å². The van der Waals surface area contributed by atoms with Gasteiger partial charge in [0.2, 0.25) is 0 Å². The Balaban J connectivity index is 1.88. The number of hydrogen-bond acceptors (Lipinski definition) is 3. The van der Waals surface area contributed by atoms with Crippen molar-refractivity contribution in [3.05, 3.63) is 72.1 Å². The molecular weight excluding hydrogens is 300 g/mol. The van der Waals surface area contributed by atoms with Crippen LogP contribution in [-0.4, -0.2) is 9.97 Å². The van der Waals surface area contributed by atoms with E-state index in [1.165, 1.54) is 26.8 Å². The third-order valence-electron chi connectivity index (χ3n) is 4.17. The van der Waals surface area contributed by atoms with E-state index in [1.54, 1.807) is 18.1 Å². The molecule has 0 unspecified atom stereocenters. The number of aromatic nitrogens is 2. The van der Waals surface area contributed by atoms with Crippen molar-refractivity contribution < 1.29 is 0 Å². The number of hydrogen-bond donors (Lipinski definition) is 0. The van der Waals surface area contributed by atoms with Crippen LogP contribution in [0.15, 0.2) is 70.8 Å². The Morgan fingerprint density at radius 1 is 0.783 bits per heavy atom. The minimum Gasteiger partial charge on any atom is -0.236 e. The summed E-state index contributed by atoms with van der Waals surface area (Å²) in [5.74, 6) is 0. The molecule has 0 radical (unpaired) electrons. The molecule has 0 N–H and O–H groups in total. The van der Waals surface area contributed by atoms with Crippen molar-refractivity contribution in [1.29, 1.82) is 0 Å². The van der Waals surface area contributed by atoms with E-state index < -0.39 is 0 Å². The maximum Gasteiger partial charge on any atom is 0.117 e. The molecule has 4 rings (SSSR count). The number of nitrogens with zero attached hydrogens (tertiary/aromatic N) is 2. The average molecular weight is 316 g/mol. The minimum absolute atomic E-state index is 1.01. The molecule has 0 spiro atoms. The number of fused-ring (bicyclic) bond motifs is 2. The smallest absolute Gasteiger partial charge is 0.117 e. The molecule has 3 aromatic carbocycles. The van der Waals surface area contributed by atoms with Crippen molar-refractivity contribution in [2.45, 2.75) is 23.8 Å². The van der Waals surface area contributed by atoms with Crippen LogP contribution < -0.4 is 0 Å². The van der Waals surface area contributed by atoms with E-state index in [2.05, 4.69) is 78.4 Å². The van der Waals surface area contributed by atoms with E-state index >= 15 is 0 Å². The molecule has 0 aliphatic rings. The van der Waals surface area contributed by atoms with E-state index in [0.29, 0.717) is 0 Å². The van der Waals surface area contributed by atoms with Crippen LogP contribution in [0.25, 0.3) is 21.7 Å². The summed E-state index contributed by atoms with van der Waals surface area (Å²) in [6.07, 6.45) is 1.66. The van der Waals surface area contributed by atoms with Gasteiger partial charge in [0.1, 0.15) is 11.4 Å². The van der Waals surface area contributed by atoms with Gasteiger partial charge >= 0.3 is 0 Å². The topological polar surface area (TPSA) is 25.8 Å². The SMILES string of the molecule is Cc1cc2ncnc(Sc3cccc4ccccc34)c2cc1C. The third kappa shape index (κ3) is 2.57. The lowest BCUT2D eigenvalue weighted by Gasteiger charge is -2.09. The van der Waals surface area contributed by atoms with Gasteiger partial charge in [-0.2, -0.15) is 0 Å². The van der Waals surface area contributed by atoms with E-state index in [0.717, 1.165) is 15.9 Å². The highest BCUT2D eigenvalue weighted by atomic mass is 32.2. The van der Waals surface area contributed by atoms with Crippen molar-refractivity contribution in [2.24, 2.45) is 0 Å². The molecule has 0 fully saturated rings. The molecule has 2 nitrogen and oxygen atoms in total. The van der Waals surface area contributed by atoms with Gasteiger partial charge in [0, 0.05) is 10.3 Å². The molecule has 3 heteroatoms. The first-order chi connectivity index (χ1) is 11.2. The maximum atomic E-state index is 4.53. The Morgan fingerprint density at radius 2 is 1.57 bits per heavy atom. The van der Waals surface area contributed by atoms with Crippen LogP contribution in [0.4, 0.5) is 0 Å². The molecule has 112 valence electrons. The number of rotatable bonds is 2. The van der Waals surface area contributed by atoms with Gasteiger partial charge < -0.3 is 0 Å². The summed E-state index contributed by atoms with van der Waals surface area (Å²) in [6, 6.07) is 19.2. The Morgan fingerprint density at radius 3 is 2.48 bits per heavy atom. The van der Waals surface area contributed by atoms with Crippen LogP contribution in [0.5, 0.6) is 0 Å². The second-order valence-electron chi connectivity index (χ2n) is 5.71. The van der Waals surface area contributed by atoms with E-state index in [-0.39, 0.29) is 0 Å². The molecule has 0 amide bonds. The quantitative estimate of drug-likeness (QED) is 0.453. The minimum atomic E-state index is 1.01. The summed E-state index contributed by atoms with van der Waals surface area (Å²) in [7, 11) is 0. The van der Waals surface area contributed by atoms with E-state index in [4.69, 9.17) is 0 Å². The lowest BCUT2D eigenvalue weighted by atomic mass is 10.1. The van der Waals surface area contributed by atoms with Crippen LogP contribution in [0, 0.1) is 13.8 Å². The van der Waals surface area contributed by atoms with Crippen LogP contribution in [0.1, 0.15) is 11.1 Å². The Labute approximate surface area is 139 Å². The second kappa shape index (κ2) is 5.67. The van der Waals surface area contributed by atoms with Crippen molar-refractivity contribution in [1.82, 2.24) is 9.97 Å². The molecule has 0 atom stereocenters. The summed E-state index contributed by atoms with van der Waals surface area (Å²) in [5.41, 5.74) is 3.54. The molecule has 0 bridgehead atoms. The normalized spacial score (nSPS) is 11.2. The van der Waals surface area contributed by atoms with Gasteiger partial charge in [-0.05, 0) is 53.9 Å². The zero-order valence-corrected chi connectivity index (χ0v) is 13.9. The fourth-order valence-corrected chi connectivity index (χ4v) is 3.79. The average Bonchev–Trinajstić information content (AvgIpc) is 2.57. The molecule has 0 saturated carbocycles. The fourth-order valence-electron chi connectivity index (χ4n) is 2.76. The summed E-state index contributed by atoms with van der Waals surface area (Å²) in [6.45, 7) is 4.25. The van der Waals surface area contributed by atoms with Gasteiger partial charge in [0.05, 0.1) is 5.52 Å². The summed E-state index contributed by atoms with van der Waals surface area (Å²) < 4.78 is 0. The van der Waals surface area contributed by atoms with E-state index in [1.807, 2.05) is 0 Å². The lowest BCUT2D eigenvalue weighted by Crippen LogP contribution is -1.90. The molecular formula is C20H16N2S. The summed E-state index contributed by atoms with van der Waals surface area (Å²) >= 11 is 1.71. The maximum absolute atomic E-state index is 4.53. The van der Waals surface area contributed by atoms with Gasteiger partial charge in [0.25, 0.3) is 0 Å². The van der Waals surface area contributed by atoms with Crippen molar-refractivity contribution >= 4 is 33.4 Å². The largest absolute Gasteiger partial charge is 0.236 e. The highest BCUT2D eigenvalue weighted by molar-refractivity contribution is 7.99. The first-order valence-electron chi connectivity index (χ1n) is 7.60. The molecule has 0 aliphatic carbocycles. The molecule has 1 aromatic heterocycles. The molecule has 0 saturated heterocycles. The monoisotopic (exact) mass is 316 g/mol. The zero-order chi connectivity index (χ0) is 15.8.